The van der Waals surface area contributed by atoms with Gasteiger partial charge in [-0.25, -0.2) is 4.79 Å². The summed E-state index contributed by atoms with van der Waals surface area (Å²) >= 11 is 0. The number of nitrogens with zero attached hydrogens (tertiary/aromatic N) is 1. The van der Waals surface area contributed by atoms with Crippen LogP contribution in [0.4, 0.5) is 5.88 Å². The molecule has 8 nitrogen and oxygen atoms in total. The van der Waals surface area contributed by atoms with Crippen LogP contribution in [-0.4, -0.2) is 37.9 Å². The highest BCUT2D eigenvalue weighted by Crippen LogP contribution is 2.25. The third-order valence-electron chi connectivity index (χ3n) is 3.18. The maximum absolute atomic E-state index is 12.4. The number of ether oxygens (including phenoxy) is 3. The Kier molecular flexibility index (Phi) is 5.41. The lowest BCUT2D eigenvalue weighted by Gasteiger charge is -2.08. The predicted molar refractivity (Wildman–Crippen MR) is 84.7 cm³/mol. The molecule has 24 heavy (non-hydrogen) atoms. The minimum Gasteiger partial charge on any atom is -0.497 e. The molecule has 1 amide bonds. The largest absolute Gasteiger partial charge is 0.497 e. The van der Waals surface area contributed by atoms with Crippen molar-refractivity contribution in [3.8, 4) is 11.5 Å². The van der Waals surface area contributed by atoms with Crippen LogP contribution in [-0.2, 0) is 4.74 Å². The Labute approximate surface area is 138 Å². The van der Waals surface area contributed by atoms with Crippen molar-refractivity contribution < 1.29 is 28.3 Å². The van der Waals surface area contributed by atoms with Gasteiger partial charge < -0.3 is 18.7 Å². The van der Waals surface area contributed by atoms with E-state index in [1.165, 1.54) is 26.4 Å². The highest BCUT2D eigenvalue weighted by Gasteiger charge is 2.24. The molecule has 0 spiro atoms. The van der Waals surface area contributed by atoms with Crippen molar-refractivity contribution in [3.63, 3.8) is 0 Å². The van der Waals surface area contributed by atoms with Gasteiger partial charge in [-0.05, 0) is 26.0 Å². The summed E-state index contributed by atoms with van der Waals surface area (Å²) in [7, 11) is 2.96. The van der Waals surface area contributed by atoms with Crippen LogP contribution in [0.15, 0.2) is 22.7 Å². The van der Waals surface area contributed by atoms with Gasteiger partial charge in [0.05, 0.1) is 26.5 Å². The summed E-state index contributed by atoms with van der Waals surface area (Å²) in [4.78, 5) is 24.4. The fourth-order valence-electron chi connectivity index (χ4n) is 2.01. The molecule has 0 aliphatic heterocycles. The minimum atomic E-state index is -0.616. The number of carbonyl (C=O) groups excluding carboxylic acids is 2. The predicted octanol–water partition coefficient (Wildman–Crippen LogP) is 2.43. The number of aromatic nitrogens is 1. The van der Waals surface area contributed by atoms with E-state index in [0.29, 0.717) is 17.2 Å². The van der Waals surface area contributed by atoms with E-state index in [4.69, 9.17) is 18.7 Å². The van der Waals surface area contributed by atoms with E-state index in [2.05, 4.69) is 10.5 Å². The van der Waals surface area contributed by atoms with E-state index in [1.807, 2.05) is 0 Å². The maximum atomic E-state index is 12.4. The lowest BCUT2D eigenvalue weighted by Crippen LogP contribution is -2.15. The Bertz CT molecular complexity index is 731. The Balaban J connectivity index is 2.29. The topological polar surface area (TPSA) is 99.9 Å². The van der Waals surface area contributed by atoms with Gasteiger partial charge in [-0.1, -0.05) is 5.16 Å². The molecule has 128 valence electrons. The summed E-state index contributed by atoms with van der Waals surface area (Å²) in [6, 6.07) is 4.70. The zero-order valence-electron chi connectivity index (χ0n) is 13.8. The van der Waals surface area contributed by atoms with Gasteiger partial charge in [-0.3, -0.25) is 10.1 Å². The summed E-state index contributed by atoms with van der Waals surface area (Å²) in [5, 5.41) is 6.20. The number of anilines is 1. The first-order valence-electron chi connectivity index (χ1n) is 7.18. The van der Waals surface area contributed by atoms with Crippen molar-refractivity contribution in [3.05, 3.63) is 35.0 Å². The van der Waals surface area contributed by atoms with Crippen molar-refractivity contribution in [2.75, 3.05) is 26.1 Å². The molecule has 8 heteroatoms. The molecule has 0 radical (unpaired) electrons. The molecule has 2 rings (SSSR count). The number of hydrogen-bond acceptors (Lipinski definition) is 7. The van der Waals surface area contributed by atoms with Crippen LogP contribution < -0.4 is 14.8 Å². The van der Waals surface area contributed by atoms with Gasteiger partial charge >= 0.3 is 5.97 Å². The van der Waals surface area contributed by atoms with Gasteiger partial charge in [0.2, 0.25) is 5.88 Å². The monoisotopic (exact) mass is 334 g/mol. The van der Waals surface area contributed by atoms with E-state index in [1.54, 1.807) is 19.9 Å². The summed E-state index contributed by atoms with van der Waals surface area (Å²) < 4.78 is 20.2. The highest BCUT2D eigenvalue weighted by molar-refractivity contribution is 6.07. The third kappa shape index (κ3) is 3.65. The van der Waals surface area contributed by atoms with E-state index < -0.39 is 11.9 Å². The normalized spacial score (nSPS) is 10.2. The second kappa shape index (κ2) is 7.49. The molecule has 2 aromatic rings. The molecule has 0 atom stereocenters. The van der Waals surface area contributed by atoms with Gasteiger partial charge in [0.1, 0.15) is 17.1 Å². The van der Waals surface area contributed by atoms with Gasteiger partial charge in [0.15, 0.2) is 0 Å². The van der Waals surface area contributed by atoms with Gasteiger partial charge in [0, 0.05) is 11.6 Å². The standard InChI is InChI=1S/C16H18N2O6/c1-5-23-16(20)13-9(2)18-24-15(13)17-14(19)10-6-11(21-3)8-12(7-10)22-4/h6-8H,5H2,1-4H3,(H,17,19). The Morgan fingerprint density at radius 2 is 1.79 bits per heavy atom. The van der Waals surface area contributed by atoms with Crippen molar-refractivity contribution in [2.45, 2.75) is 13.8 Å². The second-order valence-corrected chi connectivity index (χ2v) is 4.75. The molecular formula is C16H18N2O6. The van der Waals surface area contributed by atoms with E-state index in [-0.39, 0.29) is 23.6 Å². The molecule has 0 unspecified atom stereocenters. The molecule has 1 heterocycles. The molecule has 0 bridgehead atoms. The fourth-order valence-corrected chi connectivity index (χ4v) is 2.01. The lowest BCUT2D eigenvalue weighted by molar-refractivity contribution is 0.0526. The van der Waals surface area contributed by atoms with Crippen LogP contribution in [0.3, 0.4) is 0 Å². The third-order valence-corrected chi connectivity index (χ3v) is 3.18. The SMILES string of the molecule is CCOC(=O)c1c(C)noc1NC(=O)c1cc(OC)cc(OC)c1. The van der Waals surface area contributed by atoms with Crippen LogP contribution in [0.1, 0.15) is 33.3 Å². The first kappa shape index (κ1) is 17.3. The second-order valence-electron chi connectivity index (χ2n) is 4.75. The molecule has 0 fully saturated rings. The number of amides is 1. The van der Waals surface area contributed by atoms with Crippen molar-refractivity contribution in [1.82, 2.24) is 5.16 Å². The van der Waals surface area contributed by atoms with Gasteiger partial charge in [-0.2, -0.15) is 0 Å². The lowest BCUT2D eigenvalue weighted by atomic mass is 10.1. The minimum absolute atomic E-state index is 0.0715. The molecule has 0 saturated heterocycles. The average Bonchev–Trinajstić information content (AvgIpc) is 2.94. The molecular weight excluding hydrogens is 316 g/mol. The first-order chi connectivity index (χ1) is 11.5. The van der Waals surface area contributed by atoms with Crippen LogP contribution >= 0.6 is 0 Å². The summed E-state index contributed by atoms with van der Waals surface area (Å²) in [5.74, 6) is -0.279. The van der Waals surface area contributed by atoms with Crippen molar-refractivity contribution in [2.24, 2.45) is 0 Å². The Morgan fingerprint density at radius 1 is 1.17 bits per heavy atom. The first-order valence-corrected chi connectivity index (χ1v) is 7.18. The number of rotatable bonds is 6. The molecule has 0 aliphatic rings. The summed E-state index contributed by atoms with van der Waals surface area (Å²) in [6.07, 6.45) is 0. The summed E-state index contributed by atoms with van der Waals surface area (Å²) in [6.45, 7) is 3.46. The number of aryl methyl sites for hydroxylation is 1. The van der Waals surface area contributed by atoms with E-state index in [0.717, 1.165) is 0 Å². The zero-order valence-corrected chi connectivity index (χ0v) is 13.8. The highest BCUT2D eigenvalue weighted by atomic mass is 16.5. The van der Waals surface area contributed by atoms with Crippen LogP contribution in [0.25, 0.3) is 0 Å². The van der Waals surface area contributed by atoms with Gasteiger partial charge in [0.25, 0.3) is 5.91 Å². The average molecular weight is 334 g/mol. The number of benzene rings is 1. The van der Waals surface area contributed by atoms with Gasteiger partial charge in [-0.15, -0.1) is 0 Å². The number of esters is 1. The molecule has 1 aromatic heterocycles. The molecule has 0 saturated carbocycles. The molecule has 0 aliphatic carbocycles. The van der Waals surface area contributed by atoms with Crippen LogP contribution in [0, 0.1) is 6.92 Å². The number of carbonyl (C=O) groups is 2. The maximum Gasteiger partial charge on any atom is 0.345 e. The quantitative estimate of drug-likeness (QED) is 0.810. The van der Waals surface area contributed by atoms with E-state index >= 15 is 0 Å². The van der Waals surface area contributed by atoms with Crippen LogP contribution in [0.5, 0.6) is 11.5 Å². The van der Waals surface area contributed by atoms with Crippen molar-refractivity contribution in [1.29, 1.82) is 0 Å². The van der Waals surface area contributed by atoms with E-state index in [9.17, 15) is 9.59 Å². The smallest absolute Gasteiger partial charge is 0.345 e. The number of nitrogens with one attached hydrogen (secondary N) is 1. The van der Waals surface area contributed by atoms with Crippen LogP contribution in [0.2, 0.25) is 0 Å². The Morgan fingerprint density at radius 3 is 2.33 bits per heavy atom. The molecule has 1 N–H and O–H groups in total. The fraction of sp³-hybridized carbons (Fsp3) is 0.312. The molecule has 1 aromatic carbocycles. The number of methoxy groups -OCH3 is 2. The number of hydrogen-bond donors (Lipinski definition) is 1. The Hall–Kier alpha value is -3.03. The zero-order chi connectivity index (χ0) is 17.7. The van der Waals surface area contributed by atoms with Crippen molar-refractivity contribution >= 4 is 17.8 Å². The summed E-state index contributed by atoms with van der Waals surface area (Å²) in [5.41, 5.74) is 0.682.